The van der Waals surface area contributed by atoms with E-state index in [4.69, 9.17) is 4.74 Å². The van der Waals surface area contributed by atoms with Gasteiger partial charge in [-0.25, -0.2) is 9.18 Å². The predicted molar refractivity (Wildman–Crippen MR) is 85.9 cm³/mol. The summed E-state index contributed by atoms with van der Waals surface area (Å²) in [6.07, 6.45) is 1.78. The number of carbonyl (C=O) groups excluding carboxylic acids is 1. The minimum atomic E-state index is -0.420. The molecule has 0 spiro atoms. The molecular weight excluding hydrogens is 295 g/mol. The number of nitrogens with zero attached hydrogens (tertiary/aromatic N) is 2. The Morgan fingerprint density at radius 3 is 2.78 bits per heavy atom. The number of hydrogen-bond donors (Lipinski definition) is 0. The summed E-state index contributed by atoms with van der Waals surface area (Å²) in [6, 6.07) is 10.0. The number of aromatic nitrogens is 2. The van der Waals surface area contributed by atoms with E-state index in [0.717, 1.165) is 16.8 Å². The standard InChI is InChI=1S/C18H17FN2O2/c1-3-23-18(22)17-9-13-8-14(19)5-7-16(13)21(17)11-15-6-4-12(2)10-20-15/h4-10H,3,11H2,1-2H3. The smallest absolute Gasteiger partial charge is 0.354 e. The van der Waals surface area contributed by atoms with Gasteiger partial charge in [0.05, 0.1) is 18.8 Å². The first kappa shape index (κ1) is 15.2. The highest BCUT2D eigenvalue weighted by Gasteiger charge is 2.17. The Morgan fingerprint density at radius 2 is 2.09 bits per heavy atom. The van der Waals surface area contributed by atoms with Crippen LogP contribution in [0.1, 0.15) is 28.7 Å². The summed E-state index contributed by atoms with van der Waals surface area (Å²) >= 11 is 0. The fourth-order valence-corrected chi connectivity index (χ4v) is 2.54. The molecule has 3 rings (SSSR count). The lowest BCUT2D eigenvalue weighted by atomic mass is 10.2. The monoisotopic (exact) mass is 312 g/mol. The molecule has 118 valence electrons. The largest absolute Gasteiger partial charge is 0.461 e. The van der Waals surface area contributed by atoms with Gasteiger partial charge in [-0.1, -0.05) is 6.07 Å². The third-order valence-corrected chi connectivity index (χ3v) is 3.64. The number of esters is 1. The van der Waals surface area contributed by atoms with Crippen molar-refractivity contribution in [3.8, 4) is 0 Å². The molecule has 0 N–H and O–H groups in total. The van der Waals surface area contributed by atoms with Crippen molar-refractivity contribution < 1.29 is 13.9 Å². The first-order valence-electron chi connectivity index (χ1n) is 7.46. The number of hydrogen-bond acceptors (Lipinski definition) is 3. The number of carbonyl (C=O) groups is 1. The zero-order chi connectivity index (χ0) is 16.4. The SMILES string of the molecule is CCOC(=O)c1cc2cc(F)ccc2n1Cc1ccc(C)cn1. The minimum Gasteiger partial charge on any atom is -0.461 e. The van der Waals surface area contributed by atoms with Crippen LogP contribution in [-0.2, 0) is 11.3 Å². The van der Waals surface area contributed by atoms with E-state index in [0.29, 0.717) is 17.6 Å². The van der Waals surface area contributed by atoms with Crippen LogP contribution in [0.5, 0.6) is 0 Å². The van der Waals surface area contributed by atoms with Gasteiger partial charge in [0.15, 0.2) is 0 Å². The molecule has 0 unspecified atom stereocenters. The van der Waals surface area contributed by atoms with Gasteiger partial charge in [0.1, 0.15) is 11.5 Å². The van der Waals surface area contributed by atoms with Gasteiger partial charge >= 0.3 is 5.97 Å². The summed E-state index contributed by atoms with van der Waals surface area (Å²) in [5, 5.41) is 0.667. The lowest BCUT2D eigenvalue weighted by molar-refractivity contribution is 0.0515. The van der Waals surface area contributed by atoms with Crippen molar-refractivity contribution in [1.29, 1.82) is 0 Å². The summed E-state index contributed by atoms with van der Waals surface area (Å²) < 4.78 is 20.4. The van der Waals surface area contributed by atoms with E-state index in [1.165, 1.54) is 12.1 Å². The van der Waals surface area contributed by atoms with Crippen molar-refractivity contribution in [1.82, 2.24) is 9.55 Å². The van der Waals surface area contributed by atoms with Gasteiger partial charge in [-0.05, 0) is 49.7 Å². The molecule has 2 heterocycles. The lowest BCUT2D eigenvalue weighted by Crippen LogP contribution is -2.13. The minimum absolute atomic E-state index is 0.289. The highest BCUT2D eigenvalue weighted by atomic mass is 19.1. The molecule has 0 saturated carbocycles. The van der Waals surface area contributed by atoms with E-state index in [1.54, 1.807) is 25.3 Å². The first-order valence-corrected chi connectivity index (χ1v) is 7.46. The van der Waals surface area contributed by atoms with Crippen molar-refractivity contribution in [2.45, 2.75) is 20.4 Å². The van der Waals surface area contributed by atoms with E-state index < -0.39 is 5.97 Å². The molecule has 4 nitrogen and oxygen atoms in total. The van der Waals surface area contributed by atoms with E-state index in [-0.39, 0.29) is 12.4 Å². The van der Waals surface area contributed by atoms with Gasteiger partial charge in [-0.2, -0.15) is 0 Å². The van der Waals surface area contributed by atoms with Gasteiger partial charge < -0.3 is 9.30 Å². The summed E-state index contributed by atoms with van der Waals surface area (Å²) in [6.45, 7) is 4.43. The zero-order valence-electron chi connectivity index (χ0n) is 13.0. The van der Waals surface area contributed by atoms with Gasteiger partial charge in [0.2, 0.25) is 0 Å². The van der Waals surface area contributed by atoms with E-state index >= 15 is 0 Å². The summed E-state index contributed by atoms with van der Waals surface area (Å²) in [7, 11) is 0. The van der Waals surface area contributed by atoms with Crippen LogP contribution in [0.4, 0.5) is 4.39 Å². The fraction of sp³-hybridized carbons (Fsp3) is 0.222. The van der Waals surface area contributed by atoms with Gasteiger partial charge in [-0.15, -0.1) is 0 Å². The molecule has 23 heavy (non-hydrogen) atoms. The Morgan fingerprint density at radius 1 is 1.26 bits per heavy atom. The van der Waals surface area contributed by atoms with Crippen molar-refractivity contribution in [3.05, 3.63) is 65.4 Å². The van der Waals surface area contributed by atoms with E-state index in [2.05, 4.69) is 4.98 Å². The molecule has 0 fully saturated rings. The second kappa shape index (κ2) is 6.20. The predicted octanol–water partition coefficient (Wildman–Crippen LogP) is 3.71. The third-order valence-electron chi connectivity index (χ3n) is 3.64. The average Bonchev–Trinajstić information content (AvgIpc) is 2.87. The molecule has 0 atom stereocenters. The van der Waals surface area contributed by atoms with Crippen LogP contribution in [0.3, 0.4) is 0 Å². The number of ether oxygens (including phenoxy) is 1. The van der Waals surface area contributed by atoms with Crippen LogP contribution in [0.2, 0.25) is 0 Å². The Kier molecular flexibility index (Phi) is 4.10. The molecule has 0 aliphatic heterocycles. The van der Waals surface area contributed by atoms with Crippen molar-refractivity contribution in [3.63, 3.8) is 0 Å². The van der Waals surface area contributed by atoms with Gasteiger partial charge in [-0.3, -0.25) is 4.98 Å². The first-order chi connectivity index (χ1) is 11.1. The molecule has 0 aliphatic carbocycles. The average molecular weight is 312 g/mol. The highest BCUT2D eigenvalue weighted by Crippen LogP contribution is 2.23. The molecule has 0 aliphatic rings. The molecule has 0 amide bonds. The maximum absolute atomic E-state index is 13.5. The number of halogens is 1. The Hall–Kier alpha value is -2.69. The number of fused-ring (bicyclic) bond motifs is 1. The lowest BCUT2D eigenvalue weighted by Gasteiger charge is -2.10. The second-order valence-electron chi connectivity index (χ2n) is 5.37. The van der Waals surface area contributed by atoms with Crippen LogP contribution < -0.4 is 0 Å². The van der Waals surface area contributed by atoms with Crippen molar-refractivity contribution in [2.24, 2.45) is 0 Å². The molecule has 2 aromatic heterocycles. The molecular formula is C18H17FN2O2. The topological polar surface area (TPSA) is 44.1 Å². The van der Waals surface area contributed by atoms with Gasteiger partial charge in [0, 0.05) is 17.1 Å². The zero-order valence-corrected chi connectivity index (χ0v) is 13.0. The quantitative estimate of drug-likeness (QED) is 0.690. The fourth-order valence-electron chi connectivity index (χ4n) is 2.54. The summed E-state index contributed by atoms with van der Waals surface area (Å²) in [5.41, 5.74) is 3.06. The van der Waals surface area contributed by atoms with E-state index in [9.17, 15) is 9.18 Å². The Bertz CT molecular complexity index is 853. The highest BCUT2D eigenvalue weighted by molar-refractivity contribution is 5.95. The third kappa shape index (κ3) is 3.08. The van der Waals surface area contributed by atoms with Gasteiger partial charge in [0.25, 0.3) is 0 Å². The van der Waals surface area contributed by atoms with Crippen LogP contribution >= 0.6 is 0 Å². The molecule has 5 heteroatoms. The number of pyridine rings is 1. The molecule has 3 aromatic rings. The molecule has 0 radical (unpaired) electrons. The summed E-state index contributed by atoms with van der Waals surface area (Å²) in [4.78, 5) is 16.6. The van der Waals surface area contributed by atoms with Crippen LogP contribution in [0.15, 0.2) is 42.6 Å². The summed E-state index contributed by atoms with van der Waals surface area (Å²) in [5.74, 6) is -0.755. The molecule has 0 saturated heterocycles. The molecule has 1 aromatic carbocycles. The van der Waals surface area contributed by atoms with Crippen LogP contribution in [-0.4, -0.2) is 22.1 Å². The maximum atomic E-state index is 13.5. The second-order valence-corrected chi connectivity index (χ2v) is 5.37. The number of aryl methyl sites for hydroxylation is 1. The number of rotatable bonds is 4. The van der Waals surface area contributed by atoms with Crippen molar-refractivity contribution >= 4 is 16.9 Å². The Labute approximate surface area is 133 Å². The Balaban J connectivity index is 2.09. The maximum Gasteiger partial charge on any atom is 0.354 e. The van der Waals surface area contributed by atoms with Crippen LogP contribution in [0, 0.1) is 12.7 Å². The number of benzene rings is 1. The van der Waals surface area contributed by atoms with Crippen LogP contribution in [0.25, 0.3) is 10.9 Å². The molecule has 0 bridgehead atoms. The van der Waals surface area contributed by atoms with E-state index in [1.807, 2.05) is 23.6 Å². The normalized spacial score (nSPS) is 10.9. The van der Waals surface area contributed by atoms with Crippen molar-refractivity contribution in [2.75, 3.05) is 6.61 Å².